The van der Waals surface area contributed by atoms with Crippen LogP contribution in [0.1, 0.15) is 59.9 Å². The summed E-state index contributed by atoms with van der Waals surface area (Å²) in [6, 6.07) is 12.4. The third-order valence-corrected chi connectivity index (χ3v) is 7.54. The Hall–Kier alpha value is -5.06. The van der Waals surface area contributed by atoms with E-state index in [4.69, 9.17) is 9.47 Å². The zero-order valence-electron chi connectivity index (χ0n) is 25.3. The second kappa shape index (κ2) is 13.5. The number of aromatic nitrogens is 1. The number of carbonyl (C=O) groups is 3. The lowest BCUT2D eigenvalue weighted by atomic mass is 10.0. The number of piperidine rings is 1. The molecule has 0 bridgehead atoms. The second-order valence-electron chi connectivity index (χ2n) is 11.0. The molecule has 2 aliphatic heterocycles. The van der Waals surface area contributed by atoms with Gasteiger partial charge in [0, 0.05) is 55.6 Å². The van der Waals surface area contributed by atoms with E-state index >= 15 is 0 Å². The van der Waals surface area contributed by atoms with Gasteiger partial charge in [-0.1, -0.05) is 6.58 Å². The van der Waals surface area contributed by atoms with E-state index in [9.17, 15) is 14.4 Å². The second-order valence-corrected chi connectivity index (χ2v) is 11.0. The standard InChI is InChI=1S/C33H38N6O5/c1-21(2)35-22-10-12-23(13-11-22)37-32(41)28-16-24(20-38(28)3)36-31(40)9-7-15-44-30-18-27-26(17-29(30)43-4)33(42)39-14-6-5-8-25(39)19-34-27/h10-13,16-20,25,35H,1,5-9,14-15H2,2-4H3,(H,36,40)(H,37,41)/t25-/m0/s1. The van der Waals surface area contributed by atoms with Gasteiger partial charge in [0.1, 0.15) is 5.69 Å². The number of nitrogens with one attached hydrogen (secondary N) is 3. The molecule has 11 heteroatoms. The largest absolute Gasteiger partial charge is 0.493 e. The van der Waals surface area contributed by atoms with Gasteiger partial charge in [-0.25, -0.2) is 0 Å². The number of ether oxygens (including phenoxy) is 2. The summed E-state index contributed by atoms with van der Waals surface area (Å²) in [5, 5.41) is 8.84. The number of methoxy groups -OCH3 is 1. The van der Waals surface area contributed by atoms with Crippen molar-refractivity contribution in [3.63, 3.8) is 0 Å². The molecule has 44 heavy (non-hydrogen) atoms. The first-order valence-corrected chi connectivity index (χ1v) is 14.7. The summed E-state index contributed by atoms with van der Waals surface area (Å²) in [7, 11) is 3.28. The van der Waals surface area contributed by atoms with Gasteiger partial charge in [-0.15, -0.1) is 0 Å². The first-order chi connectivity index (χ1) is 21.2. The van der Waals surface area contributed by atoms with Gasteiger partial charge >= 0.3 is 0 Å². The molecule has 3 N–H and O–H groups in total. The van der Waals surface area contributed by atoms with E-state index in [0.29, 0.717) is 46.2 Å². The minimum Gasteiger partial charge on any atom is -0.493 e. The van der Waals surface area contributed by atoms with Crippen molar-refractivity contribution in [3.8, 4) is 11.5 Å². The molecule has 1 atom stereocenters. The van der Waals surface area contributed by atoms with Gasteiger partial charge in [-0.3, -0.25) is 19.4 Å². The van der Waals surface area contributed by atoms with Crippen LogP contribution in [0.4, 0.5) is 22.7 Å². The molecule has 3 aromatic rings. The minimum atomic E-state index is -0.293. The van der Waals surface area contributed by atoms with Gasteiger partial charge in [-0.05, 0) is 69.0 Å². The predicted molar refractivity (Wildman–Crippen MR) is 171 cm³/mol. The lowest BCUT2D eigenvalue weighted by molar-refractivity contribution is -0.116. The van der Waals surface area contributed by atoms with Crippen LogP contribution in [0.15, 0.2) is 65.9 Å². The molecular weight excluding hydrogens is 560 g/mol. The number of aliphatic imine (C=N–C) groups is 1. The van der Waals surface area contributed by atoms with Gasteiger partial charge in [0.2, 0.25) is 5.91 Å². The molecule has 2 aromatic carbocycles. The van der Waals surface area contributed by atoms with Crippen molar-refractivity contribution >= 4 is 46.7 Å². The molecule has 2 aliphatic rings. The number of rotatable bonds is 11. The fourth-order valence-corrected chi connectivity index (χ4v) is 5.36. The average molecular weight is 599 g/mol. The summed E-state index contributed by atoms with van der Waals surface area (Å²) in [4.78, 5) is 45.2. The molecule has 3 heterocycles. The third-order valence-electron chi connectivity index (χ3n) is 7.54. The third kappa shape index (κ3) is 7.11. The maximum absolute atomic E-state index is 13.2. The van der Waals surface area contributed by atoms with Crippen LogP contribution in [0.5, 0.6) is 11.5 Å². The van der Waals surface area contributed by atoms with Crippen LogP contribution in [0.2, 0.25) is 0 Å². The highest BCUT2D eigenvalue weighted by Gasteiger charge is 2.31. The Bertz CT molecular complexity index is 1590. The summed E-state index contributed by atoms with van der Waals surface area (Å²) in [5.41, 5.74) is 4.33. The Morgan fingerprint density at radius 1 is 1.02 bits per heavy atom. The Labute approximate surface area is 256 Å². The number of amides is 3. The number of benzene rings is 2. The topological polar surface area (TPSA) is 126 Å². The lowest BCUT2D eigenvalue weighted by Gasteiger charge is -2.32. The van der Waals surface area contributed by atoms with E-state index in [1.807, 2.05) is 30.2 Å². The molecule has 230 valence electrons. The fourth-order valence-electron chi connectivity index (χ4n) is 5.36. The highest BCUT2D eigenvalue weighted by molar-refractivity contribution is 6.05. The van der Waals surface area contributed by atoms with Crippen LogP contribution in [-0.4, -0.2) is 59.7 Å². The molecule has 0 radical (unpaired) electrons. The number of nitrogens with zero attached hydrogens (tertiary/aromatic N) is 3. The van der Waals surface area contributed by atoms with Crippen molar-refractivity contribution < 1.29 is 23.9 Å². The molecule has 0 unspecified atom stereocenters. The maximum atomic E-state index is 13.2. The first-order valence-electron chi connectivity index (χ1n) is 14.7. The highest BCUT2D eigenvalue weighted by Crippen LogP contribution is 2.38. The molecular formula is C33H38N6O5. The summed E-state index contributed by atoms with van der Waals surface area (Å²) in [5.74, 6) is 0.376. The minimum absolute atomic E-state index is 0.00891. The summed E-state index contributed by atoms with van der Waals surface area (Å²) in [6.45, 7) is 6.67. The van der Waals surface area contributed by atoms with Gasteiger partial charge in [0.05, 0.1) is 36.7 Å². The van der Waals surface area contributed by atoms with E-state index in [1.54, 1.807) is 48.1 Å². The zero-order valence-corrected chi connectivity index (χ0v) is 25.3. The van der Waals surface area contributed by atoms with Crippen molar-refractivity contribution in [1.29, 1.82) is 0 Å². The van der Waals surface area contributed by atoms with Crippen LogP contribution in [0.3, 0.4) is 0 Å². The van der Waals surface area contributed by atoms with Crippen LogP contribution in [-0.2, 0) is 11.8 Å². The Morgan fingerprint density at radius 3 is 2.50 bits per heavy atom. The monoisotopic (exact) mass is 598 g/mol. The molecule has 1 saturated heterocycles. The Kier molecular flexibility index (Phi) is 9.32. The van der Waals surface area contributed by atoms with Crippen molar-refractivity contribution in [2.45, 2.75) is 45.1 Å². The number of anilines is 3. The van der Waals surface area contributed by atoms with E-state index in [2.05, 4.69) is 27.5 Å². The molecule has 0 saturated carbocycles. The molecule has 1 fully saturated rings. The summed E-state index contributed by atoms with van der Waals surface area (Å²) in [6.07, 6.45) is 7.17. The zero-order chi connectivity index (χ0) is 31.2. The van der Waals surface area contributed by atoms with Gasteiger partial charge in [0.15, 0.2) is 11.5 Å². The predicted octanol–water partition coefficient (Wildman–Crippen LogP) is 5.74. The van der Waals surface area contributed by atoms with Crippen molar-refractivity contribution in [2.24, 2.45) is 12.0 Å². The van der Waals surface area contributed by atoms with Crippen LogP contribution in [0.25, 0.3) is 0 Å². The number of allylic oxidation sites excluding steroid dienone is 1. The molecule has 11 nitrogen and oxygen atoms in total. The lowest BCUT2D eigenvalue weighted by Crippen LogP contribution is -2.43. The maximum Gasteiger partial charge on any atom is 0.272 e. The Morgan fingerprint density at radius 2 is 1.77 bits per heavy atom. The van der Waals surface area contributed by atoms with Gasteiger partial charge in [-0.2, -0.15) is 0 Å². The number of hydrogen-bond donors (Lipinski definition) is 3. The van der Waals surface area contributed by atoms with E-state index in [-0.39, 0.29) is 36.8 Å². The number of aryl methyl sites for hydroxylation is 1. The molecule has 1 aromatic heterocycles. The highest BCUT2D eigenvalue weighted by atomic mass is 16.5. The van der Waals surface area contributed by atoms with E-state index in [0.717, 1.165) is 37.2 Å². The molecule has 3 amide bonds. The molecule has 5 rings (SSSR count). The van der Waals surface area contributed by atoms with Crippen LogP contribution in [0, 0.1) is 0 Å². The quantitative estimate of drug-likeness (QED) is 0.242. The number of fused-ring (bicyclic) bond motifs is 2. The normalized spacial score (nSPS) is 15.5. The van der Waals surface area contributed by atoms with Gasteiger partial charge < -0.3 is 34.9 Å². The molecule has 0 spiro atoms. The van der Waals surface area contributed by atoms with E-state index in [1.165, 1.54) is 7.11 Å². The SMILES string of the molecule is C=C(C)Nc1ccc(NC(=O)c2cc(NC(=O)CCCOc3cc4c(cc3OC)C(=O)N3CCCC[C@H]3C=N4)cn2C)cc1. The number of hydrogen-bond acceptors (Lipinski definition) is 7. The summed E-state index contributed by atoms with van der Waals surface area (Å²) < 4.78 is 13.1. The van der Waals surface area contributed by atoms with Crippen molar-refractivity contribution in [3.05, 3.63) is 72.2 Å². The summed E-state index contributed by atoms with van der Waals surface area (Å²) >= 11 is 0. The fraction of sp³-hybridized carbons (Fsp3) is 0.333. The van der Waals surface area contributed by atoms with Crippen molar-refractivity contribution in [1.82, 2.24) is 9.47 Å². The van der Waals surface area contributed by atoms with Crippen LogP contribution < -0.4 is 25.4 Å². The average Bonchev–Trinajstić information content (AvgIpc) is 3.31. The molecule has 0 aliphatic carbocycles. The first kappa shape index (κ1) is 30.4. The van der Waals surface area contributed by atoms with E-state index < -0.39 is 0 Å². The van der Waals surface area contributed by atoms with Gasteiger partial charge in [0.25, 0.3) is 11.8 Å². The smallest absolute Gasteiger partial charge is 0.272 e. The van der Waals surface area contributed by atoms with Crippen LogP contribution >= 0.6 is 0 Å². The Balaban J connectivity index is 1.13. The van der Waals surface area contributed by atoms with Crippen molar-refractivity contribution in [2.75, 3.05) is 36.2 Å². The number of carbonyl (C=O) groups excluding carboxylic acids is 3.